The van der Waals surface area contributed by atoms with Gasteiger partial charge >= 0.3 is 0 Å². The van der Waals surface area contributed by atoms with Crippen LogP contribution in [0, 0.1) is 0 Å². The van der Waals surface area contributed by atoms with Crippen molar-refractivity contribution in [2.75, 3.05) is 6.54 Å². The highest BCUT2D eigenvalue weighted by Gasteiger charge is 2.15. The molecular weight excluding hydrogens is 206 g/mol. The number of aromatic amines is 1. The minimum atomic E-state index is 0.00306. The Labute approximate surface area is 94.2 Å². The average Bonchev–Trinajstić information content (AvgIpc) is 2.96. The number of nitrogens with one attached hydrogen (secondary N) is 3. The molecule has 1 aromatic rings. The van der Waals surface area contributed by atoms with Crippen molar-refractivity contribution in [1.29, 1.82) is 0 Å². The summed E-state index contributed by atoms with van der Waals surface area (Å²) in [5.74, 6) is 0.678. The second kappa shape index (κ2) is 5.60. The van der Waals surface area contributed by atoms with Gasteiger partial charge in [-0.05, 0) is 12.8 Å². The molecule has 0 saturated heterocycles. The fourth-order valence-electron chi connectivity index (χ4n) is 1.93. The summed E-state index contributed by atoms with van der Waals surface area (Å²) in [6, 6.07) is 0.524. The number of H-pyrrole nitrogens is 1. The summed E-state index contributed by atoms with van der Waals surface area (Å²) < 4.78 is 0. The molecule has 0 aliphatic heterocycles. The molecule has 1 heterocycles. The maximum absolute atomic E-state index is 11.5. The van der Waals surface area contributed by atoms with Crippen LogP contribution in [0.1, 0.15) is 31.5 Å². The Balaban J connectivity index is 1.60. The van der Waals surface area contributed by atoms with Gasteiger partial charge in [0.2, 0.25) is 5.91 Å². The summed E-state index contributed by atoms with van der Waals surface area (Å²) in [4.78, 5) is 15.4. The fourth-order valence-corrected chi connectivity index (χ4v) is 1.93. The van der Waals surface area contributed by atoms with E-state index in [1.165, 1.54) is 32.0 Å². The second-order valence-corrected chi connectivity index (χ2v) is 4.07. The first-order valence-electron chi connectivity index (χ1n) is 5.69. The van der Waals surface area contributed by atoms with Crippen LogP contribution in [0.4, 0.5) is 0 Å². The quantitative estimate of drug-likeness (QED) is 0.653. The van der Waals surface area contributed by atoms with Crippen molar-refractivity contribution in [3.63, 3.8) is 0 Å². The average molecular weight is 223 g/mol. The highest BCUT2D eigenvalue weighted by atomic mass is 16.1. The molecule has 0 spiro atoms. The number of hydrogen-bond acceptors (Lipinski definition) is 4. The van der Waals surface area contributed by atoms with Crippen molar-refractivity contribution in [2.24, 2.45) is 0 Å². The molecule has 1 aliphatic rings. The van der Waals surface area contributed by atoms with E-state index in [0.29, 0.717) is 25.0 Å². The molecule has 1 amide bonds. The monoisotopic (exact) mass is 223 g/mol. The highest BCUT2D eigenvalue weighted by molar-refractivity contribution is 5.77. The molecule has 0 radical (unpaired) electrons. The van der Waals surface area contributed by atoms with Crippen LogP contribution in [-0.2, 0) is 11.3 Å². The topological polar surface area (TPSA) is 82.7 Å². The summed E-state index contributed by atoms with van der Waals surface area (Å²) >= 11 is 0. The molecule has 0 aromatic carbocycles. The number of carbonyl (C=O) groups is 1. The van der Waals surface area contributed by atoms with E-state index in [9.17, 15) is 4.79 Å². The van der Waals surface area contributed by atoms with Crippen LogP contribution < -0.4 is 10.6 Å². The number of rotatable bonds is 5. The number of nitrogens with zero attached hydrogens (tertiary/aromatic N) is 2. The zero-order chi connectivity index (χ0) is 11.2. The molecule has 88 valence electrons. The third-order valence-corrected chi connectivity index (χ3v) is 2.82. The lowest BCUT2D eigenvalue weighted by molar-refractivity contribution is -0.120. The molecule has 0 unspecified atom stereocenters. The number of amides is 1. The molecule has 1 aliphatic carbocycles. The Morgan fingerprint density at radius 2 is 2.31 bits per heavy atom. The van der Waals surface area contributed by atoms with E-state index in [1.807, 2.05) is 0 Å². The van der Waals surface area contributed by atoms with Gasteiger partial charge < -0.3 is 10.6 Å². The first kappa shape index (κ1) is 11.1. The van der Waals surface area contributed by atoms with Crippen LogP contribution >= 0.6 is 0 Å². The van der Waals surface area contributed by atoms with Gasteiger partial charge in [0, 0.05) is 6.04 Å². The van der Waals surface area contributed by atoms with E-state index in [1.54, 1.807) is 0 Å². The summed E-state index contributed by atoms with van der Waals surface area (Å²) in [6.07, 6.45) is 6.36. The smallest absolute Gasteiger partial charge is 0.234 e. The van der Waals surface area contributed by atoms with Crippen LogP contribution in [-0.4, -0.2) is 33.7 Å². The third kappa shape index (κ3) is 3.30. The zero-order valence-corrected chi connectivity index (χ0v) is 9.20. The number of hydrogen-bond donors (Lipinski definition) is 3. The lowest BCUT2D eigenvalue weighted by Crippen LogP contribution is -2.37. The Morgan fingerprint density at radius 3 is 3.00 bits per heavy atom. The van der Waals surface area contributed by atoms with Crippen molar-refractivity contribution in [3.8, 4) is 0 Å². The van der Waals surface area contributed by atoms with Gasteiger partial charge in [0.05, 0.1) is 13.1 Å². The lowest BCUT2D eigenvalue weighted by atomic mass is 10.2. The lowest BCUT2D eigenvalue weighted by Gasteiger charge is -2.11. The molecule has 0 atom stereocenters. The van der Waals surface area contributed by atoms with Crippen molar-refractivity contribution >= 4 is 5.91 Å². The van der Waals surface area contributed by atoms with Crippen molar-refractivity contribution < 1.29 is 4.79 Å². The summed E-state index contributed by atoms with van der Waals surface area (Å²) in [7, 11) is 0. The van der Waals surface area contributed by atoms with Crippen molar-refractivity contribution in [1.82, 2.24) is 25.8 Å². The van der Waals surface area contributed by atoms with Crippen LogP contribution in [0.15, 0.2) is 6.33 Å². The van der Waals surface area contributed by atoms with E-state index in [-0.39, 0.29) is 5.91 Å². The molecule has 1 aromatic heterocycles. The molecule has 16 heavy (non-hydrogen) atoms. The largest absolute Gasteiger partial charge is 0.348 e. The van der Waals surface area contributed by atoms with Gasteiger partial charge in [-0.25, -0.2) is 4.98 Å². The van der Waals surface area contributed by atoms with E-state index in [0.717, 1.165) is 0 Å². The van der Waals surface area contributed by atoms with Gasteiger partial charge in [-0.1, -0.05) is 12.8 Å². The number of aromatic nitrogens is 3. The van der Waals surface area contributed by atoms with Crippen LogP contribution in [0.25, 0.3) is 0 Å². The van der Waals surface area contributed by atoms with Crippen molar-refractivity contribution in [2.45, 2.75) is 38.3 Å². The summed E-state index contributed by atoms with van der Waals surface area (Å²) in [6.45, 7) is 0.796. The van der Waals surface area contributed by atoms with Crippen LogP contribution in [0.5, 0.6) is 0 Å². The predicted octanol–water partition coefficient (Wildman–Crippen LogP) is -0.0469. The minimum absolute atomic E-state index is 0.00306. The Bertz CT molecular complexity index is 318. The molecule has 1 saturated carbocycles. The van der Waals surface area contributed by atoms with Gasteiger partial charge in [-0.3, -0.25) is 9.89 Å². The third-order valence-electron chi connectivity index (χ3n) is 2.82. The van der Waals surface area contributed by atoms with Gasteiger partial charge in [0.1, 0.15) is 12.2 Å². The zero-order valence-electron chi connectivity index (χ0n) is 9.20. The van der Waals surface area contributed by atoms with E-state index in [2.05, 4.69) is 25.8 Å². The van der Waals surface area contributed by atoms with E-state index >= 15 is 0 Å². The molecule has 0 bridgehead atoms. The van der Waals surface area contributed by atoms with Crippen molar-refractivity contribution in [3.05, 3.63) is 12.2 Å². The maximum Gasteiger partial charge on any atom is 0.234 e. The maximum atomic E-state index is 11.5. The first-order chi connectivity index (χ1) is 7.84. The van der Waals surface area contributed by atoms with Gasteiger partial charge in [-0.2, -0.15) is 5.10 Å². The van der Waals surface area contributed by atoms with Gasteiger partial charge in [0.25, 0.3) is 0 Å². The number of carbonyl (C=O) groups excluding carboxylic acids is 1. The standard InChI is InChI=1S/C10H17N5O/c16-10(6-11-8-3-1-2-4-8)12-5-9-13-7-14-15-9/h7-8,11H,1-6H2,(H,12,16)(H,13,14,15). The van der Waals surface area contributed by atoms with E-state index in [4.69, 9.17) is 0 Å². The fraction of sp³-hybridized carbons (Fsp3) is 0.700. The first-order valence-corrected chi connectivity index (χ1v) is 5.69. The van der Waals surface area contributed by atoms with E-state index < -0.39 is 0 Å². The Kier molecular flexibility index (Phi) is 3.87. The predicted molar refractivity (Wildman–Crippen MR) is 58.5 cm³/mol. The summed E-state index contributed by atoms with van der Waals surface area (Å²) in [5, 5.41) is 12.4. The molecule has 6 nitrogen and oxygen atoms in total. The van der Waals surface area contributed by atoms with Crippen LogP contribution in [0.2, 0.25) is 0 Å². The minimum Gasteiger partial charge on any atom is -0.348 e. The van der Waals surface area contributed by atoms with Crippen LogP contribution in [0.3, 0.4) is 0 Å². The molecule has 1 fully saturated rings. The van der Waals surface area contributed by atoms with Gasteiger partial charge in [0.15, 0.2) is 0 Å². The Morgan fingerprint density at radius 1 is 1.50 bits per heavy atom. The molecule has 3 N–H and O–H groups in total. The molecule has 2 rings (SSSR count). The van der Waals surface area contributed by atoms with Gasteiger partial charge in [-0.15, -0.1) is 0 Å². The molecule has 6 heteroatoms. The molecular formula is C10H17N5O. The Hall–Kier alpha value is -1.43. The second-order valence-electron chi connectivity index (χ2n) is 4.07. The SMILES string of the molecule is O=C(CNC1CCCC1)NCc1ncn[nH]1. The summed E-state index contributed by atoms with van der Waals surface area (Å²) in [5.41, 5.74) is 0. The normalized spacial score (nSPS) is 16.5. The highest BCUT2D eigenvalue weighted by Crippen LogP contribution is 2.17.